The van der Waals surface area contributed by atoms with Crippen molar-refractivity contribution in [2.75, 3.05) is 10.8 Å². The van der Waals surface area contributed by atoms with Gasteiger partial charge in [-0.25, -0.2) is 8.42 Å². The van der Waals surface area contributed by atoms with Crippen molar-refractivity contribution >= 4 is 21.4 Å². The van der Waals surface area contributed by atoms with Crippen LogP contribution in [0, 0.1) is 10.1 Å². The van der Waals surface area contributed by atoms with E-state index in [2.05, 4.69) is 6.58 Å². The number of anilines is 1. The Kier molecular flexibility index (Phi) is 5.35. The summed E-state index contributed by atoms with van der Waals surface area (Å²) in [4.78, 5) is 10.1. The number of hydrogen-bond acceptors (Lipinski definition) is 4. The summed E-state index contributed by atoms with van der Waals surface area (Å²) in [5, 5.41) is 10.7. The van der Waals surface area contributed by atoms with Crippen LogP contribution in [0.3, 0.4) is 0 Å². The molecule has 6 nitrogen and oxygen atoms in total. The molecule has 0 aliphatic carbocycles. The molecule has 0 unspecified atom stereocenters. The van der Waals surface area contributed by atoms with Gasteiger partial charge in [-0.05, 0) is 36.2 Å². The Labute approximate surface area is 141 Å². The summed E-state index contributed by atoms with van der Waals surface area (Å²) >= 11 is 0. The summed E-state index contributed by atoms with van der Waals surface area (Å²) < 4.78 is 27.0. The standard InChI is InChI=1S/C17H18N2O4S/c1-3-13-18(15-7-5-14(4-2)6-8-15)24(22,23)17-11-9-16(10-12-17)19(20)21/h3,5-12H,1,4,13H2,2H3. The third-order valence-corrected chi connectivity index (χ3v) is 5.37. The minimum Gasteiger partial charge on any atom is -0.263 e. The van der Waals surface area contributed by atoms with Gasteiger partial charge in [-0.2, -0.15) is 0 Å². The van der Waals surface area contributed by atoms with Crippen molar-refractivity contribution in [3.05, 3.63) is 76.9 Å². The van der Waals surface area contributed by atoms with E-state index in [-0.39, 0.29) is 17.1 Å². The molecule has 0 aromatic heterocycles. The normalized spacial score (nSPS) is 11.0. The number of non-ortho nitro benzene ring substituents is 1. The summed E-state index contributed by atoms with van der Waals surface area (Å²) in [6, 6.07) is 12.1. The zero-order chi connectivity index (χ0) is 17.7. The number of hydrogen-bond donors (Lipinski definition) is 0. The summed E-state index contributed by atoms with van der Waals surface area (Å²) in [6.07, 6.45) is 2.35. The fraction of sp³-hybridized carbons (Fsp3) is 0.176. The summed E-state index contributed by atoms with van der Waals surface area (Å²) in [5.74, 6) is 0. The summed E-state index contributed by atoms with van der Waals surface area (Å²) in [6.45, 7) is 5.73. The average Bonchev–Trinajstić information content (AvgIpc) is 2.59. The Morgan fingerprint density at radius 1 is 1.12 bits per heavy atom. The first-order valence-electron chi connectivity index (χ1n) is 7.37. The fourth-order valence-corrected chi connectivity index (χ4v) is 3.66. The zero-order valence-corrected chi connectivity index (χ0v) is 14.1. The molecular formula is C17H18N2O4S. The van der Waals surface area contributed by atoms with E-state index in [9.17, 15) is 18.5 Å². The highest BCUT2D eigenvalue weighted by molar-refractivity contribution is 7.92. The molecule has 0 spiro atoms. The maximum Gasteiger partial charge on any atom is 0.269 e. The van der Waals surface area contributed by atoms with Gasteiger partial charge in [0.05, 0.1) is 22.1 Å². The van der Waals surface area contributed by atoms with Crippen LogP contribution in [0.5, 0.6) is 0 Å². The van der Waals surface area contributed by atoms with Crippen LogP contribution in [0.1, 0.15) is 12.5 Å². The maximum absolute atomic E-state index is 12.9. The number of nitrogens with zero attached hydrogens (tertiary/aromatic N) is 2. The molecule has 0 atom stereocenters. The van der Waals surface area contributed by atoms with Crippen molar-refractivity contribution in [2.45, 2.75) is 18.2 Å². The van der Waals surface area contributed by atoms with Crippen molar-refractivity contribution in [1.29, 1.82) is 0 Å². The van der Waals surface area contributed by atoms with Crippen molar-refractivity contribution in [1.82, 2.24) is 0 Å². The minimum absolute atomic E-state index is 0.00508. The molecule has 7 heteroatoms. The number of nitro benzene ring substituents is 1. The SMILES string of the molecule is C=CCN(c1ccc(CC)cc1)S(=O)(=O)c1ccc([N+](=O)[O-])cc1. The van der Waals surface area contributed by atoms with E-state index in [0.29, 0.717) is 5.69 Å². The van der Waals surface area contributed by atoms with Crippen LogP contribution >= 0.6 is 0 Å². The van der Waals surface area contributed by atoms with Crippen molar-refractivity contribution in [3.8, 4) is 0 Å². The Morgan fingerprint density at radius 2 is 1.71 bits per heavy atom. The number of nitro groups is 1. The zero-order valence-electron chi connectivity index (χ0n) is 13.3. The molecule has 0 fully saturated rings. The summed E-state index contributed by atoms with van der Waals surface area (Å²) in [7, 11) is -3.84. The topological polar surface area (TPSA) is 80.5 Å². The monoisotopic (exact) mass is 346 g/mol. The highest BCUT2D eigenvalue weighted by atomic mass is 32.2. The first-order chi connectivity index (χ1) is 11.4. The van der Waals surface area contributed by atoms with Gasteiger partial charge in [0.1, 0.15) is 0 Å². The van der Waals surface area contributed by atoms with Crippen LogP contribution in [0.15, 0.2) is 66.1 Å². The lowest BCUT2D eigenvalue weighted by molar-refractivity contribution is -0.384. The quantitative estimate of drug-likeness (QED) is 0.436. The van der Waals surface area contributed by atoms with Gasteiger partial charge in [0.15, 0.2) is 0 Å². The predicted molar refractivity (Wildman–Crippen MR) is 93.6 cm³/mol. The number of rotatable bonds is 7. The molecule has 0 N–H and O–H groups in total. The molecule has 126 valence electrons. The van der Waals surface area contributed by atoms with E-state index in [1.807, 2.05) is 19.1 Å². The Bertz CT molecular complexity index is 828. The summed E-state index contributed by atoms with van der Waals surface area (Å²) in [5.41, 5.74) is 1.46. The molecule has 0 amide bonds. The van der Waals surface area contributed by atoms with Gasteiger partial charge in [0, 0.05) is 12.1 Å². The van der Waals surface area contributed by atoms with E-state index < -0.39 is 14.9 Å². The van der Waals surface area contributed by atoms with E-state index in [4.69, 9.17) is 0 Å². The molecular weight excluding hydrogens is 328 g/mol. The molecule has 24 heavy (non-hydrogen) atoms. The van der Waals surface area contributed by atoms with Gasteiger partial charge < -0.3 is 0 Å². The second-order valence-corrected chi connectivity index (χ2v) is 6.96. The third kappa shape index (κ3) is 3.62. The average molecular weight is 346 g/mol. The second kappa shape index (κ2) is 7.27. The molecule has 0 aliphatic heterocycles. The van der Waals surface area contributed by atoms with Gasteiger partial charge in [-0.15, -0.1) is 6.58 Å². The van der Waals surface area contributed by atoms with Gasteiger partial charge in [0.25, 0.3) is 15.7 Å². The first-order valence-corrected chi connectivity index (χ1v) is 8.81. The third-order valence-electron chi connectivity index (χ3n) is 3.56. The lowest BCUT2D eigenvalue weighted by Gasteiger charge is -2.23. The Morgan fingerprint density at radius 3 is 2.17 bits per heavy atom. The van der Waals surface area contributed by atoms with Gasteiger partial charge in [-0.1, -0.05) is 25.1 Å². The molecule has 2 aromatic carbocycles. The molecule has 0 heterocycles. The Balaban J connectivity index is 2.43. The van der Waals surface area contributed by atoms with Gasteiger partial charge >= 0.3 is 0 Å². The van der Waals surface area contributed by atoms with E-state index in [1.54, 1.807) is 12.1 Å². The molecule has 2 aromatic rings. The van der Waals surface area contributed by atoms with E-state index in [1.165, 1.54) is 34.6 Å². The molecule has 0 aliphatic rings. The highest BCUT2D eigenvalue weighted by Gasteiger charge is 2.24. The maximum atomic E-state index is 12.9. The van der Waals surface area contributed by atoms with Crippen LogP contribution in [-0.2, 0) is 16.4 Å². The predicted octanol–water partition coefficient (Wildman–Crippen LogP) is 3.54. The van der Waals surface area contributed by atoms with Crippen LogP contribution in [0.2, 0.25) is 0 Å². The first kappa shape index (κ1) is 17.7. The number of benzene rings is 2. The molecule has 2 rings (SSSR count). The smallest absolute Gasteiger partial charge is 0.263 e. The van der Waals surface area contributed by atoms with Gasteiger partial charge in [-0.3, -0.25) is 14.4 Å². The van der Waals surface area contributed by atoms with Crippen LogP contribution < -0.4 is 4.31 Å². The fourth-order valence-electron chi connectivity index (χ4n) is 2.22. The molecule has 0 saturated heterocycles. The largest absolute Gasteiger partial charge is 0.269 e. The van der Waals surface area contributed by atoms with Crippen molar-refractivity contribution < 1.29 is 13.3 Å². The van der Waals surface area contributed by atoms with Crippen molar-refractivity contribution in [3.63, 3.8) is 0 Å². The number of aryl methyl sites for hydroxylation is 1. The van der Waals surface area contributed by atoms with Crippen LogP contribution in [0.25, 0.3) is 0 Å². The second-order valence-electron chi connectivity index (χ2n) is 5.10. The lowest BCUT2D eigenvalue weighted by atomic mass is 10.1. The lowest BCUT2D eigenvalue weighted by Crippen LogP contribution is -2.31. The molecule has 0 radical (unpaired) electrons. The van der Waals surface area contributed by atoms with Crippen LogP contribution in [0.4, 0.5) is 11.4 Å². The Hall–Kier alpha value is -2.67. The number of sulfonamides is 1. The highest BCUT2D eigenvalue weighted by Crippen LogP contribution is 2.25. The molecule has 0 saturated carbocycles. The van der Waals surface area contributed by atoms with Crippen LogP contribution in [-0.4, -0.2) is 19.9 Å². The van der Waals surface area contributed by atoms with E-state index >= 15 is 0 Å². The molecule has 0 bridgehead atoms. The van der Waals surface area contributed by atoms with Gasteiger partial charge in [0.2, 0.25) is 0 Å². The van der Waals surface area contributed by atoms with E-state index in [0.717, 1.165) is 12.0 Å². The van der Waals surface area contributed by atoms with Crippen molar-refractivity contribution in [2.24, 2.45) is 0 Å². The minimum atomic E-state index is -3.84.